The molecule has 2 aromatic heterocycles. The second-order valence-electron chi connectivity index (χ2n) is 8.17. The summed E-state index contributed by atoms with van der Waals surface area (Å²) in [6, 6.07) is 6.62. The van der Waals surface area contributed by atoms with Gasteiger partial charge in [0.2, 0.25) is 11.9 Å². The van der Waals surface area contributed by atoms with E-state index in [9.17, 15) is 4.79 Å². The number of anilines is 1. The summed E-state index contributed by atoms with van der Waals surface area (Å²) in [6.45, 7) is 8.12. The number of aromatic nitrogens is 3. The van der Waals surface area contributed by atoms with Crippen LogP contribution in [0.1, 0.15) is 33.1 Å². The zero-order valence-corrected chi connectivity index (χ0v) is 16.8. The number of carbonyl (C=O) groups excluding carboxylic acids is 1. The quantitative estimate of drug-likeness (QED) is 0.830. The van der Waals surface area contributed by atoms with Crippen LogP contribution in [0, 0.1) is 5.92 Å². The van der Waals surface area contributed by atoms with Crippen LogP contribution in [0.3, 0.4) is 0 Å². The third-order valence-electron chi connectivity index (χ3n) is 5.96. The first-order valence-corrected chi connectivity index (χ1v) is 10.4. The van der Waals surface area contributed by atoms with E-state index in [-0.39, 0.29) is 17.9 Å². The molecule has 150 valence electrons. The van der Waals surface area contributed by atoms with E-state index in [4.69, 9.17) is 4.98 Å². The molecule has 2 N–H and O–H groups in total. The Morgan fingerprint density at radius 2 is 2.04 bits per heavy atom. The lowest BCUT2D eigenvalue weighted by molar-refractivity contribution is -0.127. The van der Waals surface area contributed by atoms with Gasteiger partial charge in [-0.25, -0.2) is 9.97 Å². The van der Waals surface area contributed by atoms with Crippen molar-refractivity contribution in [2.24, 2.45) is 5.92 Å². The predicted molar refractivity (Wildman–Crippen MR) is 110 cm³/mol. The highest BCUT2D eigenvalue weighted by Crippen LogP contribution is 2.22. The Bertz CT molecular complexity index is 782. The van der Waals surface area contributed by atoms with Crippen LogP contribution in [-0.2, 0) is 4.79 Å². The van der Waals surface area contributed by atoms with Crippen molar-refractivity contribution in [1.29, 1.82) is 0 Å². The van der Waals surface area contributed by atoms with Crippen LogP contribution in [0.25, 0.3) is 11.4 Å². The fourth-order valence-corrected chi connectivity index (χ4v) is 4.20. The first-order valence-electron chi connectivity index (χ1n) is 10.4. The Morgan fingerprint density at radius 1 is 1.21 bits per heavy atom. The summed E-state index contributed by atoms with van der Waals surface area (Å²) in [6.07, 6.45) is 6.55. The maximum atomic E-state index is 12.7. The standard InChI is InChI=1S/C21H30N6O/c1-15(2)26-11-6-16(7-12-26)20(28)24-17-8-13-27(14-17)21-23-10-5-19(25-21)18-4-3-9-22-18/h3-5,9-10,15-17,22H,6-8,11-14H2,1-2H3,(H,24,28). The fraction of sp³-hybridized carbons (Fsp3) is 0.571. The Morgan fingerprint density at radius 3 is 2.75 bits per heavy atom. The summed E-state index contributed by atoms with van der Waals surface area (Å²) in [5, 5.41) is 3.27. The second-order valence-corrected chi connectivity index (χ2v) is 8.17. The van der Waals surface area contributed by atoms with E-state index in [1.807, 2.05) is 24.4 Å². The van der Waals surface area contributed by atoms with Crippen molar-refractivity contribution in [3.05, 3.63) is 30.6 Å². The average molecular weight is 383 g/mol. The van der Waals surface area contributed by atoms with Crippen LogP contribution in [0.5, 0.6) is 0 Å². The van der Waals surface area contributed by atoms with Crippen LogP contribution in [-0.4, -0.2) is 64.0 Å². The second kappa shape index (κ2) is 8.31. The normalized spacial score (nSPS) is 21.4. The molecule has 0 aromatic carbocycles. The first-order chi connectivity index (χ1) is 13.6. The Balaban J connectivity index is 1.31. The Hall–Kier alpha value is -2.41. The molecular weight excluding hydrogens is 352 g/mol. The monoisotopic (exact) mass is 382 g/mol. The highest BCUT2D eigenvalue weighted by atomic mass is 16.2. The molecule has 2 aromatic rings. The molecule has 1 amide bonds. The van der Waals surface area contributed by atoms with Crippen LogP contribution in [0.15, 0.2) is 30.6 Å². The summed E-state index contributed by atoms with van der Waals surface area (Å²) in [5.41, 5.74) is 1.87. The van der Waals surface area contributed by atoms with Gasteiger partial charge in [-0.15, -0.1) is 0 Å². The molecule has 2 fully saturated rings. The van der Waals surface area contributed by atoms with Gasteiger partial charge in [-0.1, -0.05) is 0 Å². The summed E-state index contributed by atoms with van der Waals surface area (Å²) in [4.78, 5) is 29.6. The minimum absolute atomic E-state index is 0.150. The van der Waals surface area contributed by atoms with Crippen molar-refractivity contribution in [1.82, 2.24) is 25.2 Å². The van der Waals surface area contributed by atoms with E-state index in [0.717, 1.165) is 62.8 Å². The number of aromatic amines is 1. The van der Waals surface area contributed by atoms with Crippen molar-refractivity contribution in [2.75, 3.05) is 31.1 Å². The SMILES string of the molecule is CC(C)N1CCC(C(=O)NC2CCN(c3nccc(-c4ccc[nH]4)n3)C2)CC1. The largest absolute Gasteiger partial charge is 0.360 e. The van der Waals surface area contributed by atoms with Crippen molar-refractivity contribution >= 4 is 11.9 Å². The number of carbonyl (C=O) groups is 1. The molecule has 0 aliphatic carbocycles. The van der Waals surface area contributed by atoms with E-state index in [0.29, 0.717) is 6.04 Å². The molecule has 0 spiro atoms. The number of likely N-dealkylation sites (tertiary alicyclic amines) is 1. The molecule has 28 heavy (non-hydrogen) atoms. The molecule has 1 atom stereocenters. The van der Waals surface area contributed by atoms with Gasteiger partial charge in [-0.2, -0.15) is 0 Å². The van der Waals surface area contributed by atoms with Crippen molar-refractivity contribution in [3.8, 4) is 11.4 Å². The highest BCUT2D eigenvalue weighted by molar-refractivity contribution is 5.79. The number of H-pyrrole nitrogens is 1. The molecule has 2 aliphatic heterocycles. The van der Waals surface area contributed by atoms with Crippen LogP contribution in [0.4, 0.5) is 5.95 Å². The molecule has 2 aliphatic rings. The number of rotatable bonds is 5. The highest BCUT2D eigenvalue weighted by Gasteiger charge is 2.30. The van der Waals surface area contributed by atoms with Gasteiger partial charge >= 0.3 is 0 Å². The summed E-state index contributed by atoms with van der Waals surface area (Å²) in [7, 11) is 0. The minimum atomic E-state index is 0.150. The third kappa shape index (κ3) is 4.19. The fourth-order valence-electron chi connectivity index (χ4n) is 4.20. The van der Waals surface area contributed by atoms with Crippen LogP contribution >= 0.6 is 0 Å². The van der Waals surface area contributed by atoms with E-state index in [1.54, 1.807) is 6.20 Å². The molecular formula is C21H30N6O. The lowest BCUT2D eigenvalue weighted by Crippen LogP contribution is -2.46. The summed E-state index contributed by atoms with van der Waals surface area (Å²) in [5.74, 6) is 1.10. The van der Waals surface area contributed by atoms with Gasteiger partial charge in [0.25, 0.3) is 0 Å². The van der Waals surface area contributed by atoms with Gasteiger partial charge in [0.1, 0.15) is 0 Å². The zero-order valence-electron chi connectivity index (χ0n) is 16.8. The number of piperidine rings is 1. The molecule has 4 heterocycles. The number of amides is 1. The van der Waals surface area contributed by atoms with E-state index < -0.39 is 0 Å². The predicted octanol–water partition coefficient (Wildman–Crippen LogP) is 2.29. The van der Waals surface area contributed by atoms with Gasteiger partial charge in [-0.3, -0.25) is 4.79 Å². The van der Waals surface area contributed by atoms with Gasteiger partial charge in [-0.05, 0) is 64.4 Å². The van der Waals surface area contributed by atoms with Gasteiger partial charge in [0, 0.05) is 43.5 Å². The number of nitrogens with zero attached hydrogens (tertiary/aromatic N) is 4. The zero-order chi connectivity index (χ0) is 19.5. The van der Waals surface area contributed by atoms with Crippen molar-refractivity contribution in [2.45, 2.75) is 45.2 Å². The molecule has 0 bridgehead atoms. The number of nitrogens with one attached hydrogen (secondary N) is 2. The van der Waals surface area contributed by atoms with E-state index >= 15 is 0 Å². The summed E-state index contributed by atoms with van der Waals surface area (Å²) < 4.78 is 0. The molecule has 0 radical (unpaired) electrons. The lowest BCUT2D eigenvalue weighted by Gasteiger charge is -2.34. The van der Waals surface area contributed by atoms with E-state index in [1.165, 1.54) is 0 Å². The van der Waals surface area contributed by atoms with Crippen molar-refractivity contribution in [3.63, 3.8) is 0 Å². The maximum absolute atomic E-state index is 12.7. The maximum Gasteiger partial charge on any atom is 0.225 e. The Kier molecular flexibility index (Phi) is 5.62. The molecule has 1 unspecified atom stereocenters. The third-order valence-corrected chi connectivity index (χ3v) is 5.96. The Labute approximate surface area is 166 Å². The topological polar surface area (TPSA) is 77.2 Å². The smallest absolute Gasteiger partial charge is 0.225 e. The van der Waals surface area contributed by atoms with Crippen molar-refractivity contribution < 1.29 is 4.79 Å². The molecule has 7 heteroatoms. The molecule has 4 rings (SSSR count). The number of hydrogen-bond donors (Lipinski definition) is 2. The van der Waals surface area contributed by atoms with E-state index in [2.05, 4.69) is 38.9 Å². The number of hydrogen-bond acceptors (Lipinski definition) is 5. The minimum Gasteiger partial charge on any atom is -0.360 e. The van der Waals surface area contributed by atoms with Gasteiger partial charge in [0.05, 0.1) is 11.4 Å². The molecule has 0 saturated carbocycles. The molecule has 7 nitrogen and oxygen atoms in total. The summed E-state index contributed by atoms with van der Waals surface area (Å²) >= 11 is 0. The first kappa shape index (κ1) is 18.9. The van der Waals surface area contributed by atoms with Gasteiger partial charge < -0.3 is 20.1 Å². The van der Waals surface area contributed by atoms with Gasteiger partial charge in [0.15, 0.2) is 0 Å². The van der Waals surface area contributed by atoms with Crippen LogP contribution in [0.2, 0.25) is 0 Å². The molecule has 2 saturated heterocycles. The lowest BCUT2D eigenvalue weighted by atomic mass is 9.95. The van der Waals surface area contributed by atoms with Crippen LogP contribution < -0.4 is 10.2 Å². The average Bonchev–Trinajstić information content (AvgIpc) is 3.40.